The second-order valence-corrected chi connectivity index (χ2v) is 12.3. The summed E-state index contributed by atoms with van der Waals surface area (Å²) in [6.07, 6.45) is 11.6. The third-order valence-electron chi connectivity index (χ3n) is 4.82. The number of hydrogen-bond acceptors (Lipinski definition) is 3. The Morgan fingerprint density at radius 3 is 1.40 bits per heavy atom. The van der Waals surface area contributed by atoms with Gasteiger partial charge >= 0.3 is 0 Å². The molecule has 4 heteroatoms. The van der Waals surface area contributed by atoms with Crippen LogP contribution in [0.2, 0.25) is 13.1 Å². The van der Waals surface area contributed by atoms with Crippen LogP contribution in [0.1, 0.15) is 79.1 Å². The van der Waals surface area contributed by atoms with Crippen molar-refractivity contribution in [2.75, 3.05) is 45.5 Å². The lowest BCUT2D eigenvalue weighted by Gasteiger charge is -2.32. The number of hydrogen-bond donors (Lipinski definition) is 0. The topological polar surface area (TPSA) is 15.7 Å². The molecule has 0 aliphatic carbocycles. The summed E-state index contributed by atoms with van der Waals surface area (Å²) in [5, 5.41) is 0. The average molecular weight is 373 g/mol. The van der Waals surface area contributed by atoms with Crippen molar-refractivity contribution >= 4 is 8.32 Å². The molecule has 0 rings (SSSR count). The molecule has 0 heterocycles. The van der Waals surface area contributed by atoms with Gasteiger partial charge < -0.3 is 14.2 Å². The van der Waals surface area contributed by atoms with E-state index in [1.54, 1.807) is 0 Å². The van der Waals surface area contributed by atoms with Gasteiger partial charge in [-0.25, -0.2) is 0 Å². The van der Waals surface area contributed by atoms with Gasteiger partial charge in [-0.05, 0) is 65.0 Å². The zero-order valence-electron chi connectivity index (χ0n) is 18.4. The summed E-state index contributed by atoms with van der Waals surface area (Å²) in [6, 6.07) is 0. The van der Waals surface area contributed by atoms with Crippen molar-refractivity contribution < 1.29 is 4.43 Å². The Balaban J connectivity index is 4.30. The maximum atomic E-state index is 6.47. The third-order valence-corrected chi connectivity index (χ3v) is 7.01. The van der Waals surface area contributed by atoms with E-state index in [1.165, 1.54) is 83.7 Å². The summed E-state index contributed by atoms with van der Waals surface area (Å²) in [4.78, 5) is 5.29. The van der Waals surface area contributed by atoms with Gasteiger partial charge in [0.1, 0.15) is 0 Å². The Morgan fingerprint density at radius 1 is 0.600 bits per heavy atom. The van der Waals surface area contributed by atoms with Crippen LogP contribution in [0.4, 0.5) is 0 Å². The maximum absolute atomic E-state index is 6.47. The predicted octanol–water partition coefficient (Wildman–Crippen LogP) is 5.55. The molecule has 3 nitrogen and oxygen atoms in total. The molecule has 0 aliphatic rings. The minimum Gasteiger partial charge on any atom is -0.415 e. The van der Waals surface area contributed by atoms with E-state index in [0.717, 1.165) is 13.2 Å². The Kier molecular flexibility index (Phi) is 16.3. The molecule has 0 saturated carbocycles. The first-order chi connectivity index (χ1) is 12.0. The molecule has 0 N–H and O–H groups in total. The van der Waals surface area contributed by atoms with E-state index in [1.807, 2.05) is 0 Å². The van der Waals surface area contributed by atoms with E-state index < -0.39 is 8.32 Å². The molecule has 0 fully saturated rings. The van der Waals surface area contributed by atoms with Gasteiger partial charge in [0.15, 0.2) is 8.32 Å². The third kappa shape index (κ3) is 14.9. The van der Waals surface area contributed by atoms with Crippen LogP contribution in [0.15, 0.2) is 0 Å². The highest BCUT2D eigenvalue weighted by Crippen LogP contribution is 2.10. The highest BCUT2D eigenvalue weighted by atomic mass is 28.4. The molecule has 0 aromatic heterocycles. The van der Waals surface area contributed by atoms with E-state index in [-0.39, 0.29) is 0 Å². The van der Waals surface area contributed by atoms with Crippen LogP contribution in [0.3, 0.4) is 0 Å². The molecule has 0 radical (unpaired) electrons. The maximum Gasteiger partial charge on any atom is 0.200 e. The Labute approximate surface area is 160 Å². The van der Waals surface area contributed by atoms with Crippen LogP contribution in [0.25, 0.3) is 0 Å². The molecule has 0 saturated heterocycles. The zero-order chi connectivity index (χ0) is 19.0. The van der Waals surface area contributed by atoms with Gasteiger partial charge in [-0.1, -0.05) is 53.4 Å². The Morgan fingerprint density at radius 2 is 1.00 bits per heavy atom. The fourth-order valence-electron chi connectivity index (χ4n) is 3.17. The van der Waals surface area contributed by atoms with Gasteiger partial charge in [0.05, 0.1) is 0 Å². The van der Waals surface area contributed by atoms with Crippen molar-refractivity contribution in [3.63, 3.8) is 0 Å². The van der Waals surface area contributed by atoms with Crippen LogP contribution < -0.4 is 0 Å². The number of unbranched alkanes of at least 4 members (excludes halogenated alkanes) is 4. The van der Waals surface area contributed by atoms with Crippen LogP contribution in [0.5, 0.6) is 0 Å². The molecule has 0 aliphatic heterocycles. The van der Waals surface area contributed by atoms with Gasteiger partial charge in [-0.3, -0.25) is 0 Å². The van der Waals surface area contributed by atoms with E-state index in [4.69, 9.17) is 4.43 Å². The summed E-state index contributed by atoms with van der Waals surface area (Å²) < 4.78 is 6.47. The van der Waals surface area contributed by atoms with Crippen molar-refractivity contribution in [3.05, 3.63) is 0 Å². The van der Waals surface area contributed by atoms with Crippen LogP contribution in [-0.4, -0.2) is 63.6 Å². The first-order valence-electron chi connectivity index (χ1n) is 11.1. The molecule has 0 aromatic carbocycles. The molecular formula is C21H48N2OSi. The van der Waals surface area contributed by atoms with Crippen molar-refractivity contribution in [3.8, 4) is 0 Å². The fourth-order valence-corrected chi connectivity index (χ4v) is 5.30. The Bertz CT molecular complexity index is 271. The molecule has 25 heavy (non-hydrogen) atoms. The molecule has 0 amide bonds. The highest BCUT2D eigenvalue weighted by molar-refractivity contribution is 6.71. The summed E-state index contributed by atoms with van der Waals surface area (Å²) in [6.45, 7) is 20.9. The second-order valence-electron chi connectivity index (χ2n) is 8.14. The standard InChI is InChI=1S/C21H48N2OSi/c1-7-11-15-22(16-12-8-2)19-20-24-25(5,6)21-23(17-13-9-3)18-14-10-4/h7-21H2,1-6H3. The quantitative estimate of drug-likeness (QED) is 0.293. The average Bonchev–Trinajstić information content (AvgIpc) is 2.58. The lowest BCUT2D eigenvalue weighted by Crippen LogP contribution is -2.47. The first-order valence-corrected chi connectivity index (χ1v) is 14.2. The smallest absolute Gasteiger partial charge is 0.200 e. The predicted molar refractivity (Wildman–Crippen MR) is 116 cm³/mol. The van der Waals surface area contributed by atoms with E-state index in [2.05, 4.69) is 50.6 Å². The summed E-state index contributed by atoms with van der Waals surface area (Å²) >= 11 is 0. The largest absolute Gasteiger partial charge is 0.415 e. The minimum absolute atomic E-state index is 0.919. The summed E-state index contributed by atoms with van der Waals surface area (Å²) in [5.41, 5.74) is 0. The van der Waals surface area contributed by atoms with Crippen molar-refractivity contribution in [2.45, 2.75) is 92.2 Å². The van der Waals surface area contributed by atoms with Gasteiger partial charge in [0, 0.05) is 19.3 Å². The fraction of sp³-hybridized carbons (Fsp3) is 1.00. The van der Waals surface area contributed by atoms with Gasteiger partial charge in [-0.2, -0.15) is 0 Å². The van der Waals surface area contributed by atoms with Crippen molar-refractivity contribution in [2.24, 2.45) is 0 Å². The first kappa shape index (κ1) is 25.1. The molecule has 0 spiro atoms. The van der Waals surface area contributed by atoms with Crippen LogP contribution in [0, 0.1) is 0 Å². The van der Waals surface area contributed by atoms with Gasteiger partial charge in [0.2, 0.25) is 0 Å². The van der Waals surface area contributed by atoms with Gasteiger partial charge in [-0.15, -0.1) is 0 Å². The Hall–Kier alpha value is 0.0969. The molecule has 0 bridgehead atoms. The lowest BCUT2D eigenvalue weighted by molar-refractivity contribution is 0.191. The van der Waals surface area contributed by atoms with Crippen molar-refractivity contribution in [1.82, 2.24) is 9.80 Å². The zero-order valence-corrected chi connectivity index (χ0v) is 19.4. The molecule has 0 atom stereocenters. The highest BCUT2D eigenvalue weighted by Gasteiger charge is 2.25. The normalized spacial score (nSPS) is 12.5. The monoisotopic (exact) mass is 372 g/mol. The van der Waals surface area contributed by atoms with Crippen LogP contribution in [-0.2, 0) is 4.43 Å². The SMILES string of the molecule is CCCCN(CCCC)CCO[Si](C)(C)CN(CCCC)CCCC. The summed E-state index contributed by atoms with van der Waals surface area (Å²) in [7, 11) is -1.60. The number of rotatable bonds is 18. The second kappa shape index (κ2) is 16.3. The van der Waals surface area contributed by atoms with E-state index >= 15 is 0 Å². The molecule has 0 unspecified atom stereocenters. The molecule has 152 valence electrons. The van der Waals surface area contributed by atoms with Crippen LogP contribution >= 0.6 is 0 Å². The van der Waals surface area contributed by atoms with E-state index in [0.29, 0.717) is 0 Å². The van der Waals surface area contributed by atoms with Crippen molar-refractivity contribution in [1.29, 1.82) is 0 Å². The minimum atomic E-state index is -1.60. The molecular weight excluding hydrogens is 324 g/mol. The van der Waals surface area contributed by atoms with E-state index in [9.17, 15) is 0 Å². The lowest BCUT2D eigenvalue weighted by atomic mass is 10.2. The number of nitrogens with zero attached hydrogens (tertiary/aromatic N) is 2. The molecule has 0 aromatic rings. The summed E-state index contributed by atoms with van der Waals surface area (Å²) in [5.74, 6) is 0. The van der Waals surface area contributed by atoms with Gasteiger partial charge in [0.25, 0.3) is 0 Å².